The van der Waals surface area contributed by atoms with Gasteiger partial charge in [-0.15, -0.1) is 0 Å². The number of hydrogen-bond donors (Lipinski definition) is 2. The van der Waals surface area contributed by atoms with Gasteiger partial charge in [-0.25, -0.2) is 9.78 Å². The van der Waals surface area contributed by atoms with E-state index in [0.717, 1.165) is 0 Å². The lowest BCUT2D eigenvalue weighted by molar-refractivity contribution is -0.142. The van der Waals surface area contributed by atoms with Gasteiger partial charge in [-0.2, -0.15) is 0 Å². The Morgan fingerprint density at radius 2 is 2.35 bits per heavy atom. The fourth-order valence-corrected chi connectivity index (χ4v) is 2.11. The number of carboxylic acid groups (broad SMARTS) is 1. The monoisotopic (exact) mass is 298 g/mol. The van der Waals surface area contributed by atoms with Gasteiger partial charge in [0.25, 0.3) is 0 Å². The second-order valence-electron chi connectivity index (χ2n) is 4.65. The number of nitrogens with one attached hydrogen (secondary N) is 1. The summed E-state index contributed by atoms with van der Waals surface area (Å²) in [5.41, 5.74) is 0.699. The van der Waals surface area contributed by atoms with Gasteiger partial charge in [-0.1, -0.05) is 17.7 Å². The van der Waals surface area contributed by atoms with Gasteiger partial charge in [0.2, 0.25) is 5.91 Å². The van der Waals surface area contributed by atoms with Gasteiger partial charge in [-0.05, 0) is 18.1 Å². The van der Waals surface area contributed by atoms with Crippen LogP contribution in [-0.4, -0.2) is 41.2 Å². The Balaban J connectivity index is 1.98. The molecule has 1 aromatic heterocycles. The zero-order chi connectivity index (χ0) is 14.5. The van der Waals surface area contributed by atoms with E-state index in [4.69, 9.17) is 16.3 Å². The predicted octanol–water partition coefficient (Wildman–Crippen LogP) is 0.883. The highest BCUT2D eigenvalue weighted by Gasteiger charge is 2.28. The maximum absolute atomic E-state index is 11.9. The van der Waals surface area contributed by atoms with Crippen LogP contribution in [0.25, 0.3) is 0 Å². The molecule has 0 aliphatic carbocycles. The van der Waals surface area contributed by atoms with Gasteiger partial charge in [0.15, 0.2) is 0 Å². The first kappa shape index (κ1) is 14.7. The van der Waals surface area contributed by atoms with Crippen molar-refractivity contribution in [3.8, 4) is 0 Å². The van der Waals surface area contributed by atoms with E-state index in [2.05, 4.69) is 10.3 Å². The number of aliphatic carboxylic acids is 1. The molecule has 108 valence electrons. The van der Waals surface area contributed by atoms with E-state index >= 15 is 0 Å². The van der Waals surface area contributed by atoms with Crippen molar-refractivity contribution in [2.45, 2.75) is 18.9 Å². The SMILES string of the molecule is O=C(N[C@H](Cc1ccc(Cl)nc1)C(=O)O)[C@H]1CCOC1. The van der Waals surface area contributed by atoms with Crippen molar-refractivity contribution < 1.29 is 19.4 Å². The Bertz CT molecular complexity index is 486. The van der Waals surface area contributed by atoms with Crippen molar-refractivity contribution >= 4 is 23.5 Å². The fourth-order valence-electron chi connectivity index (χ4n) is 1.99. The first-order valence-electron chi connectivity index (χ1n) is 6.27. The summed E-state index contributed by atoms with van der Waals surface area (Å²) in [4.78, 5) is 27.0. The average Bonchev–Trinajstić information content (AvgIpc) is 2.94. The lowest BCUT2D eigenvalue weighted by Gasteiger charge is -2.16. The number of carbonyl (C=O) groups excluding carboxylic acids is 1. The van der Waals surface area contributed by atoms with E-state index in [1.165, 1.54) is 6.20 Å². The highest BCUT2D eigenvalue weighted by molar-refractivity contribution is 6.29. The molecular formula is C13H15ClN2O4. The van der Waals surface area contributed by atoms with Gasteiger partial charge >= 0.3 is 5.97 Å². The molecule has 1 aliphatic rings. The number of nitrogens with zero attached hydrogens (tertiary/aromatic N) is 1. The van der Waals surface area contributed by atoms with Gasteiger partial charge in [0, 0.05) is 19.2 Å². The molecule has 0 radical (unpaired) electrons. The second kappa shape index (κ2) is 6.67. The molecule has 2 atom stereocenters. The molecule has 0 bridgehead atoms. The lowest BCUT2D eigenvalue weighted by Crippen LogP contribution is -2.45. The van der Waals surface area contributed by atoms with E-state index in [9.17, 15) is 14.7 Å². The minimum absolute atomic E-state index is 0.165. The summed E-state index contributed by atoms with van der Waals surface area (Å²) in [7, 11) is 0. The summed E-state index contributed by atoms with van der Waals surface area (Å²) in [6, 6.07) is 2.30. The van der Waals surface area contributed by atoms with Crippen LogP contribution in [0.2, 0.25) is 5.15 Å². The van der Waals surface area contributed by atoms with Crippen molar-refractivity contribution in [2.24, 2.45) is 5.92 Å². The topological polar surface area (TPSA) is 88.5 Å². The number of aromatic nitrogens is 1. The van der Waals surface area contributed by atoms with E-state index < -0.39 is 12.0 Å². The number of halogens is 1. The normalized spacial score (nSPS) is 19.6. The molecule has 0 spiro atoms. The molecule has 0 saturated carbocycles. The molecule has 20 heavy (non-hydrogen) atoms. The molecule has 6 nitrogen and oxygen atoms in total. The Morgan fingerprint density at radius 3 is 2.90 bits per heavy atom. The number of pyridine rings is 1. The standard InChI is InChI=1S/C13H15ClN2O4/c14-11-2-1-8(6-15-11)5-10(13(18)19)16-12(17)9-3-4-20-7-9/h1-2,6,9-10H,3-5,7H2,(H,16,17)(H,18,19)/t9-,10+/m0/s1. The summed E-state index contributed by atoms with van der Waals surface area (Å²) < 4.78 is 5.12. The third-order valence-corrected chi connectivity index (χ3v) is 3.37. The number of rotatable bonds is 5. The van der Waals surface area contributed by atoms with Gasteiger partial charge in [0.1, 0.15) is 11.2 Å². The molecule has 7 heteroatoms. The Morgan fingerprint density at radius 1 is 1.55 bits per heavy atom. The molecular weight excluding hydrogens is 284 g/mol. The van der Waals surface area contributed by atoms with Crippen molar-refractivity contribution in [1.82, 2.24) is 10.3 Å². The number of carboxylic acids is 1. The zero-order valence-electron chi connectivity index (χ0n) is 10.7. The molecule has 2 heterocycles. The van der Waals surface area contributed by atoms with Crippen LogP contribution >= 0.6 is 11.6 Å². The minimum Gasteiger partial charge on any atom is -0.480 e. The Labute approximate surface area is 121 Å². The Kier molecular flexibility index (Phi) is 4.92. The Hall–Kier alpha value is -1.66. The summed E-state index contributed by atoms with van der Waals surface area (Å²) in [5, 5.41) is 12.1. The molecule has 1 aromatic rings. The minimum atomic E-state index is -1.08. The van der Waals surface area contributed by atoms with Crippen LogP contribution in [0, 0.1) is 5.92 Å². The van der Waals surface area contributed by atoms with Gasteiger partial charge in [0.05, 0.1) is 12.5 Å². The third kappa shape index (κ3) is 3.91. The zero-order valence-corrected chi connectivity index (χ0v) is 11.5. The van der Waals surface area contributed by atoms with Crippen molar-refractivity contribution in [3.05, 3.63) is 29.0 Å². The highest BCUT2D eigenvalue weighted by atomic mass is 35.5. The molecule has 0 aromatic carbocycles. The summed E-state index contributed by atoms with van der Waals surface area (Å²) in [6.07, 6.45) is 2.29. The molecule has 1 amide bonds. The third-order valence-electron chi connectivity index (χ3n) is 3.14. The van der Waals surface area contributed by atoms with E-state index in [1.54, 1.807) is 12.1 Å². The summed E-state index contributed by atoms with van der Waals surface area (Å²) in [5.74, 6) is -1.62. The van der Waals surface area contributed by atoms with Crippen LogP contribution in [0.4, 0.5) is 0 Å². The average molecular weight is 299 g/mol. The number of carbonyl (C=O) groups is 2. The van der Waals surface area contributed by atoms with E-state index in [-0.39, 0.29) is 18.2 Å². The van der Waals surface area contributed by atoms with Crippen LogP contribution < -0.4 is 5.32 Å². The number of hydrogen-bond acceptors (Lipinski definition) is 4. The highest BCUT2D eigenvalue weighted by Crippen LogP contribution is 2.13. The maximum atomic E-state index is 11.9. The first-order chi connectivity index (χ1) is 9.56. The first-order valence-corrected chi connectivity index (χ1v) is 6.65. The smallest absolute Gasteiger partial charge is 0.326 e. The quantitative estimate of drug-likeness (QED) is 0.788. The van der Waals surface area contributed by atoms with Gasteiger partial charge in [-0.3, -0.25) is 4.79 Å². The van der Waals surface area contributed by atoms with Crippen LogP contribution in [0.15, 0.2) is 18.3 Å². The van der Waals surface area contributed by atoms with Crippen LogP contribution in [-0.2, 0) is 20.7 Å². The van der Waals surface area contributed by atoms with E-state index in [0.29, 0.717) is 30.4 Å². The lowest BCUT2D eigenvalue weighted by atomic mass is 10.0. The molecule has 1 aliphatic heterocycles. The predicted molar refractivity (Wildman–Crippen MR) is 71.4 cm³/mol. The molecule has 2 rings (SSSR count). The van der Waals surface area contributed by atoms with Crippen molar-refractivity contribution in [3.63, 3.8) is 0 Å². The maximum Gasteiger partial charge on any atom is 0.326 e. The molecule has 2 N–H and O–H groups in total. The van der Waals surface area contributed by atoms with E-state index in [1.807, 2.05) is 0 Å². The fraction of sp³-hybridized carbons (Fsp3) is 0.462. The summed E-state index contributed by atoms with van der Waals surface area (Å²) >= 11 is 5.67. The largest absolute Gasteiger partial charge is 0.480 e. The number of amides is 1. The van der Waals surface area contributed by atoms with Crippen LogP contribution in [0.5, 0.6) is 0 Å². The second-order valence-corrected chi connectivity index (χ2v) is 5.04. The molecule has 1 saturated heterocycles. The number of ether oxygens (including phenoxy) is 1. The molecule has 0 unspecified atom stereocenters. The van der Waals surface area contributed by atoms with Crippen molar-refractivity contribution in [1.29, 1.82) is 0 Å². The van der Waals surface area contributed by atoms with Crippen LogP contribution in [0.3, 0.4) is 0 Å². The van der Waals surface area contributed by atoms with Crippen LogP contribution in [0.1, 0.15) is 12.0 Å². The molecule has 1 fully saturated rings. The van der Waals surface area contributed by atoms with Gasteiger partial charge < -0.3 is 15.2 Å². The van der Waals surface area contributed by atoms with Crippen molar-refractivity contribution in [2.75, 3.05) is 13.2 Å². The summed E-state index contributed by atoms with van der Waals surface area (Å²) in [6.45, 7) is 0.887.